The van der Waals surface area contributed by atoms with Crippen LogP contribution in [0.5, 0.6) is 0 Å². The smallest absolute Gasteiger partial charge is 0.308 e. The van der Waals surface area contributed by atoms with Gasteiger partial charge in [0.05, 0.1) is 5.92 Å². The average Bonchev–Trinajstić information content (AvgIpc) is 3.07. The molecule has 0 saturated heterocycles. The summed E-state index contributed by atoms with van der Waals surface area (Å²) in [6, 6.07) is 10.5. The van der Waals surface area contributed by atoms with Gasteiger partial charge < -0.3 is 10.0 Å². The summed E-state index contributed by atoms with van der Waals surface area (Å²) in [6.45, 7) is 0.929. The van der Waals surface area contributed by atoms with Gasteiger partial charge in [-0.25, -0.2) is 0 Å². The molecule has 2 atom stereocenters. The minimum absolute atomic E-state index is 0.138. The molecular weight excluding hydrogens is 202 g/mol. The molecule has 0 spiro atoms. The summed E-state index contributed by atoms with van der Waals surface area (Å²) in [5.74, 6) is -0.794. The number of nitrogens with zero attached hydrogens (tertiary/aromatic N) is 1. The van der Waals surface area contributed by atoms with Crippen molar-refractivity contribution in [3.63, 3.8) is 0 Å². The molecule has 0 aromatic heterocycles. The van der Waals surface area contributed by atoms with Crippen molar-refractivity contribution in [2.45, 2.75) is 18.9 Å². The van der Waals surface area contributed by atoms with Gasteiger partial charge in [-0.05, 0) is 25.5 Å². The molecule has 1 aromatic rings. The van der Waals surface area contributed by atoms with Gasteiger partial charge in [-0.3, -0.25) is 4.79 Å². The number of benzene rings is 1. The SMILES string of the molecule is CN(CCc1ccccc1)C1CC1C(=O)O. The van der Waals surface area contributed by atoms with Crippen LogP contribution in [0.1, 0.15) is 12.0 Å². The maximum atomic E-state index is 10.7. The lowest BCUT2D eigenvalue weighted by Crippen LogP contribution is -2.26. The number of carboxylic acids is 1. The molecule has 86 valence electrons. The van der Waals surface area contributed by atoms with Gasteiger partial charge in [-0.2, -0.15) is 0 Å². The normalized spacial score (nSPS) is 23.4. The zero-order valence-corrected chi connectivity index (χ0v) is 9.47. The topological polar surface area (TPSA) is 40.5 Å². The van der Waals surface area contributed by atoms with Crippen molar-refractivity contribution >= 4 is 5.97 Å². The van der Waals surface area contributed by atoms with Crippen LogP contribution in [0.2, 0.25) is 0 Å². The van der Waals surface area contributed by atoms with E-state index in [1.54, 1.807) is 0 Å². The fourth-order valence-electron chi connectivity index (χ4n) is 2.05. The molecule has 1 saturated carbocycles. The molecule has 2 unspecified atom stereocenters. The first kappa shape index (κ1) is 11.1. The number of likely N-dealkylation sites (N-methyl/N-ethyl adjacent to an activating group) is 1. The van der Waals surface area contributed by atoms with Gasteiger partial charge in [0.15, 0.2) is 0 Å². The Morgan fingerprint density at radius 2 is 2.12 bits per heavy atom. The third-order valence-electron chi connectivity index (χ3n) is 3.24. The number of carbonyl (C=O) groups is 1. The Morgan fingerprint density at radius 3 is 2.69 bits per heavy atom. The first-order chi connectivity index (χ1) is 7.68. The van der Waals surface area contributed by atoms with Crippen LogP contribution >= 0.6 is 0 Å². The van der Waals surface area contributed by atoms with Crippen LogP contribution < -0.4 is 0 Å². The number of aliphatic carboxylic acids is 1. The Balaban J connectivity index is 1.77. The number of hydrogen-bond acceptors (Lipinski definition) is 2. The van der Waals surface area contributed by atoms with Gasteiger partial charge in [0.1, 0.15) is 0 Å². The molecule has 1 aliphatic rings. The molecule has 1 aliphatic carbocycles. The second kappa shape index (κ2) is 4.66. The molecule has 3 heteroatoms. The Kier molecular flexibility index (Phi) is 3.25. The highest BCUT2D eigenvalue weighted by Crippen LogP contribution is 2.34. The van der Waals surface area contributed by atoms with Crippen LogP contribution in [0.4, 0.5) is 0 Å². The van der Waals surface area contributed by atoms with Crippen LogP contribution in [0.3, 0.4) is 0 Å². The van der Waals surface area contributed by atoms with Crippen LogP contribution in [0.15, 0.2) is 30.3 Å². The highest BCUT2D eigenvalue weighted by Gasteiger charge is 2.45. The van der Waals surface area contributed by atoms with Crippen molar-refractivity contribution in [2.75, 3.05) is 13.6 Å². The lowest BCUT2D eigenvalue weighted by Gasteiger charge is -2.15. The highest BCUT2D eigenvalue weighted by atomic mass is 16.4. The summed E-state index contributed by atoms with van der Waals surface area (Å²) < 4.78 is 0. The molecule has 0 heterocycles. The first-order valence-electron chi connectivity index (χ1n) is 5.65. The Hall–Kier alpha value is -1.35. The van der Waals surface area contributed by atoms with E-state index in [1.165, 1.54) is 5.56 Å². The molecule has 0 amide bonds. The number of hydrogen-bond donors (Lipinski definition) is 1. The van der Waals surface area contributed by atoms with E-state index in [1.807, 2.05) is 25.2 Å². The third-order valence-corrected chi connectivity index (χ3v) is 3.24. The van der Waals surface area contributed by atoms with Crippen molar-refractivity contribution in [3.05, 3.63) is 35.9 Å². The predicted molar refractivity (Wildman–Crippen MR) is 62.3 cm³/mol. The van der Waals surface area contributed by atoms with Crippen molar-refractivity contribution < 1.29 is 9.90 Å². The second-order valence-electron chi connectivity index (χ2n) is 4.46. The molecular formula is C13H17NO2. The largest absolute Gasteiger partial charge is 0.481 e. The summed E-state index contributed by atoms with van der Waals surface area (Å²) in [6.07, 6.45) is 1.79. The standard InChI is InChI=1S/C13H17NO2/c1-14(12-9-11(12)13(15)16)8-7-10-5-3-2-4-6-10/h2-6,11-12H,7-9H2,1H3,(H,15,16). The Labute approximate surface area is 95.7 Å². The van der Waals surface area contributed by atoms with Crippen LogP contribution in [-0.4, -0.2) is 35.6 Å². The van der Waals surface area contributed by atoms with Gasteiger partial charge >= 0.3 is 5.97 Å². The number of rotatable bonds is 5. The van der Waals surface area contributed by atoms with E-state index in [4.69, 9.17) is 5.11 Å². The second-order valence-corrected chi connectivity index (χ2v) is 4.46. The average molecular weight is 219 g/mol. The van der Waals surface area contributed by atoms with E-state index in [2.05, 4.69) is 17.0 Å². The van der Waals surface area contributed by atoms with Gasteiger partial charge in [0.2, 0.25) is 0 Å². The predicted octanol–water partition coefficient (Wildman–Crippen LogP) is 1.63. The summed E-state index contributed by atoms with van der Waals surface area (Å²) in [5, 5.41) is 8.83. The zero-order chi connectivity index (χ0) is 11.5. The fraction of sp³-hybridized carbons (Fsp3) is 0.462. The Morgan fingerprint density at radius 1 is 1.44 bits per heavy atom. The number of carboxylic acid groups (broad SMARTS) is 1. The minimum Gasteiger partial charge on any atom is -0.481 e. The quantitative estimate of drug-likeness (QED) is 0.818. The summed E-state index contributed by atoms with van der Waals surface area (Å²) in [5.41, 5.74) is 1.31. The molecule has 1 aromatic carbocycles. The third kappa shape index (κ3) is 2.61. The van der Waals surface area contributed by atoms with Crippen LogP contribution in [0, 0.1) is 5.92 Å². The molecule has 3 nitrogen and oxygen atoms in total. The van der Waals surface area contributed by atoms with E-state index in [-0.39, 0.29) is 12.0 Å². The van der Waals surface area contributed by atoms with Gasteiger partial charge in [-0.15, -0.1) is 0 Å². The Bertz CT molecular complexity index is 363. The van der Waals surface area contributed by atoms with Gasteiger partial charge in [0.25, 0.3) is 0 Å². The lowest BCUT2D eigenvalue weighted by atomic mass is 10.1. The maximum absolute atomic E-state index is 10.7. The van der Waals surface area contributed by atoms with E-state index in [9.17, 15) is 4.79 Å². The molecule has 0 bridgehead atoms. The van der Waals surface area contributed by atoms with Crippen molar-refractivity contribution in [3.8, 4) is 0 Å². The fourth-order valence-corrected chi connectivity index (χ4v) is 2.05. The lowest BCUT2D eigenvalue weighted by molar-refractivity contribution is -0.138. The van der Waals surface area contributed by atoms with Crippen LogP contribution in [-0.2, 0) is 11.2 Å². The molecule has 1 N–H and O–H groups in total. The van der Waals surface area contributed by atoms with Gasteiger partial charge in [0, 0.05) is 12.6 Å². The molecule has 0 radical (unpaired) electrons. The highest BCUT2D eigenvalue weighted by molar-refractivity contribution is 5.74. The monoisotopic (exact) mass is 219 g/mol. The van der Waals surface area contributed by atoms with E-state index in [0.29, 0.717) is 0 Å². The molecule has 16 heavy (non-hydrogen) atoms. The minimum atomic E-state index is -0.656. The molecule has 2 rings (SSSR count). The van der Waals surface area contributed by atoms with Crippen molar-refractivity contribution in [2.24, 2.45) is 5.92 Å². The summed E-state index contributed by atoms with van der Waals surface area (Å²) in [7, 11) is 2.01. The van der Waals surface area contributed by atoms with E-state index >= 15 is 0 Å². The van der Waals surface area contributed by atoms with Crippen molar-refractivity contribution in [1.82, 2.24) is 4.90 Å². The molecule has 0 aliphatic heterocycles. The van der Waals surface area contributed by atoms with Crippen LogP contribution in [0.25, 0.3) is 0 Å². The summed E-state index contributed by atoms with van der Waals surface area (Å²) in [4.78, 5) is 12.9. The van der Waals surface area contributed by atoms with E-state index in [0.717, 1.165) is 19.4 Å². The van der Waals surface area contributed by atoms with E-state index < -0.39 is 5.97 Å². The zero-order valence-electron chi connectivity index (χ0n) is 9.47. The molecule has 1 fully saturated rings. The van der Waals surface area contributed by atoms with Gasteiger partial charge in [-0.1, -0.05) is 30.3 Å². The summed E-state index contributed by atoms with van der Waals surface area (Å²) >= 11 is 0. The maximum Gasteiger partial charge on any atom is 0.308 e. The first-order valence-corrected chi connectivity index (χ1v) is 5.65. The van der Waals surface area contributed by atoms with Crippen molar-refractivity contribution in [1.29, 1.82) is 0 Å².